The molecule has 2 fully saturated rings. The Labute approximate surface area is 302 Å². The third kappa shape index (κ3) is 14.3. The van der Waals surface area contributed by atoms with E-state index in [4.69, 9.17) is 52.1 Å². The number of ether oxygens (including phenoxy) is 11. The zero-order valence-corrected chi connectivity index (χ0v) is 31.1. The van der Waals surface area contributed by atoms with Crippen LogP contribution in [0, 0.1) is 5.92 Å². The summed E-state index contributed by atoms with van der Waals surface area (Å²) in [7, 11) is 0. The highest BCUT2D eigenvalue weighted by molar-refractivity contribution is 5.69. The number of rotatable bonds is 18. The fraction of sp³-hybridized carbons (Fsp3) is 0.794. The van der Waals surface area contributed by atoms with Crippen LogP contribution in [0.5, 0.6) is 0 Å². The first-order chi connectivity index (χ1) is 24.5. The van der Waals surface area contributed by atoms with Crippen LogP contribution in [-0.2, 0) is 85.7 Å². The van der Waals surface area contributed by atoms with Crippen molar-refractivity contribution < 1.29 is 85.7 Å². The number of esters is 7. The van der Waals surface area contributed by atoms with Gasteiger partial charge >= 0.3 is 41.8 Å². The summed E-state index contributed by atoms with van der Waals surface area (Å²) in [5.74, 6) is -5.56. The van der Waals surface area contributed by atoms with Gasteiger partial charge in [-0.05, 0) is 18.8 Å². The molecule has 0 aliphatic carbocycles. The lowest BCUT2D eigenvalue weighted by atomic mass is 9.95. The van der Waals surface area contributed by atoms with E-state index in [1.54, 1.807) is 0 Å². The lowest BCUT2D eigenvalue weighted by molar-refractivity contribution is -0.361. The van der Waals surface area contributed by atoms with E-state index in [2.05, 4.69) is 0 Å². The molecule has 0 spiro atoms. The van der Waals surface area contributed by atoms with Crippen molar-refractivity contribution in [2.75, 3.05) is 19.8 Å². The van der Waals surface area contributed by atoms with Gasteiger partial charge in [-0.15, -0.1) is 0 Å². The summed E-state index contributed by atoms with van der Waals surface area (Å²) in [6.07, 6.45) is -11.6. The van der Waals surface area contributed by atoms with E-state index in [0.717, 1.165) is 74.1 Å². The van der Waals surface area contributed by atoms with Crippen molar-refractivity contribution in [3.05, 3.63) is 0 Å². The van der Waals surface area contributed by atoms with Gasteiger partial charge in [0.15, 0.2) is 43.1 Å². The Morgan fingerprint density at radius 3 is 1.27 bits per heavy atom. The highest BCUT2D eigenvalue weighted by Gasteiger charge is 2.57. The largest absolute Gasteiger partial charge is 0.463 e. The van der Waals surface area contributed by atoms with Gasteiger partial charge < -0.3 is 52.1 Å². The lowest BCUT2D eigenvalue weighted by Gasteiger charge is -2.48. The molecule has 0 bridgehead atoms. The van der Waals surface area contributed by atoms with Crippen LogP contribution in [0.3, 0.4) is 0 Å². The van der Waals surface area contributed by atoms with Gasteiger partial charge in [0.25, 0.3) is 0 Å². The number of carbonyl (C=O) groups excluding carboxylic acids is 7. The number of hydrogen-bond donors (Lipinski definition) is 0. The van der Waals surface area contributed by atoms with Crippen molar-refractivity contribution in [1.29, 1.82) is 0 Å². The minimum Gasteiger partial charge on any atom is -0.463 e. The Morgan fingerprint density at radius 2 is 0.846 bits per heavy atom. The Hall–Kier alpha value is -3.87. The second-order valence-corrected chi connectivity index (χ2v) is 12.4. The van der Waals surface area contributed by atoms with E-state index < -0.39 is 116 Å². The van der Waals surface area contributed by atoms with Gasteiger partial charge in [-0.1, -0.05) is 26.7 Å². The van der Waals surface area contributed by atoms with E-state index in [1.807, 2.05) is 13.8 Å². The molecule has 2 aliphatic rings. The quantitative estimate of drug-likeness (QED) is 0.144. The second-order valence-electron chi connectivity index (χ2n) is 12.4. The van der Waals surface area contributed by atoms with E-state index in [1.165, 1.54) is 0 Å². The lowest BCUT2D eigenvalue weighted by Crippen LogP contribution is -2.67. The molecule has 0 aromatic carbocycles. The molecule has 0 aromatic heterocycles. The molecule has 0 unspecified atom stereocenters. The molecule has 52 heavy (non-hydrogen) atoms. The summed E-state index contributed by atoms with van der Waals surface area (Å²) in [5.41, 5.74) is 0. The predicted octanol–water partition coefficient (Wildman–Crippen LogP) is 1.84. The smallest absolute Gasteiger partial charge is 0.303 e. The molecular formula is C34H52O18. The minimum absolute atomic E-state index is 0.113. The molecule has 18 nitrogen and oxygen atoms in total. The van der Waals surface area contributed by atoms with Crippen LogP contribution in [-0.4, -0.2) is 123 Å². The normalized spacial score (nSPS) is 28.6. The first kappa shape index (κ1) is 44.3. The molecule has 0 saturated carbocycles. The molecule has 2 saturated heterocycles. The van der Waals surface area contributed by atoms with Crippen molar-refractivity contribution >= 4 is 41.8 Å². The molecule has 0 N–H and O–H groups in total. The van der Waals surface area contributed by atoms with Crippen LogP contribution in [0.15, 0.2) is 0 Å². The topological polar surface area (TPSA) is 221 Å². The van der Waals surface area contributed by atoms with Crippen LogP contribution in [0.4, 0.5) is 0 Å². The minimum atomic E-state index is -1.76. The van der Waals surface area contributed by atoms with Crippen molar-refractivity contribution in [2.24, 2.45) is 5.92 Å². The molecular weight excluding hydrogens is 696 g/mol. The van der Waals surface area contributed by atoms with Gasteiger partial charge in [-0.25, -0.2) is 0 Å². The average Bonchev–Trinajstić information content (AvgIpc) is 3.02. The monoisotopic (exact) mass is 748 g/mol. The summed E-state index contributed by atoms with van der Waals surface area (Å²) in [4.78, 5) is 85.7. The zero-order chi connectivity index (χ0) is 39.1. The summed E-state index contributed by atoms with van der Waals surface area (Å²) < 4.78 is 63.0. The third-order valence-electron chi connectivity index (χ3n) is 7.78. The van der Waals surface area contributed by atoms with Gasteiger partial charge in [0.1, 0.15) is 31.5 Å². The SMILES string of the molecule is CCCC(CCC)CO[C@@H]1O[C@H](COC(C)=O)[C@@H](O[C@@H]2O[C@H](COC(C)=O)[C@@H](OC(C)=O)[C@H](OC(C)=O)[C@H]2OC(C)=O)[C@H](OC(C)=O)[C@H]1OC(C)=O. The molecule has 2 aliphatic heterocycles. The summed E-state index contributed by atoms with van der Waals surface area (Å²) in [6, 6.07) is 0. The number of carbonyl (C=O) groups is 7. The Kier molecular flexibility index (Phi) is 18.4. The first-order valence-corrected chi connectivity index (χ1v) is 17.2. The van der Waals surface area contributed by atoms with Crippen molar-refractivity contribution in [3.8, 4) is 0 Å². The summed E-state index contributed by atoms with van der Waals surface area (Å²) in [6.45, 7) is 10.9. The average molecular weight is 749 g/mol. The standard InChI is InChI=1S/C34H52O18/c1-10-12-24(13-11-2)14-44-33-31(48-22(8)40)30(47-21(7)39)28(26(50-33)16-43-18(4)36)52-34-32(49-23(9)41)29(46-20(6)38)27(45-19(5)37)25(51-34)15-42-17(3)35/h24-34H,10-16H2,1-9H3/t25-,26-,27-,28-,29+,30+,31-,32-,33-,34+/m1/s1. The van der Waals surface area contributed by atoms with E-state index in [9.17, 15) is 33.6 Å². The van der Waals surface area contributed by atoms with Crippen LogP contribution >= 0.6 is 0 Å². The molecule has 18 heteroatoms. The van der Waals surface area contributed by atoms with Gasteiger partial charge in [0, 0.05) is 48.5 Å². The van der Waals surface area contributed by atoms with E-state index >= 15 is 0 Å². The fourth-order valence-corrected chi connectivity index (χ4v) is 5.96. The zero-order valence-electron chi connectivity index (χ0n) is 31.1. The highest BCUT2D eigenvalue weighted by atomic mass is 16.8. The van der Waals surface area contributed by atoms with Crippen molar-refractivity contribution in [3.63, 3.8) is 0 Å². The van der Waals surface area contributed by atoms with E-state index in [-0.39, 0.29) is 12.5 Å². The Morgan fingerprint density at radius 1 is 0.481 bits per heavy atom. The second kappa shape index (κ2) is 21.6. The maximum Gasteiger partial charge on any atom is 0.303 e. The molecule has 2 heterocycles. The molecule has 0 aromatic rings. The summed E-state index contributed by atoms with van der Waals surface area (Å²) in [5, 5.41) is 0. The summed E-state index contributed by atoms with van der Waals surface area (Å²) >= 11 is 0. The predicted molar refractivity (Wildman–Crippen MR) is 172 cm³/mol. The van der Waals surface area contributed by atoms with Gasteiger partial charge in [-0.2, -0.15) is 0 Å². The van der Waals surface area contributed by atoms with Gasteiger partial charge in [0.2, 0.25) is 0 Å². The Balaban J connectivity index is 2.72. The maximum absolute atomic E-state index is 12.6. The highest BCUT2D eigenvalue weighted by Crippen LogP contribution is 2.36. The van der Waals surface area contributed by atoms with Crippen LogP contribution < -0.4 is 0 Å². The van der Waals surface area contributed by atoms with Gasteiger partial charge in [0.05, 0.1) is 6.61 Å². The maximum atomic E-state index is 12.6. The van der Waals surface area contributed by atoms with E-state index in [0.29, 0.717) is 0 Å². The Bertz CT molecular complexity index is 1230. The fourth-order valence-electron chi connectivity index (χ4n) is 5.96. The molecule has 0 radical (unpaired) electrons. The number of hydrogen-bond acceptors (Lipinski definition) is 18. The van der Waals surface area contributed by atoms with Crippen LogP contribution in [0.1, 0.15) is 88.0 Å². The van der Waals surface area contributed by atoms with Gasteiger partial charge in [-0.3, -0.25) is 33.6 Å². The first-order valence-electron chi connectivity index (χ1n) is 17.2. The third-order valence-corrected chi connectivity index (χ3v) is 7.78. The van der Waals surface area contributed by atoms with Crippen molar-refractivity contribution in [1.82, 2.24) is 0 Å². The molecule has 2 rings (SSSR count). The molecule has 0 amide bonds. The molecule has 10 atom stereocenters. The van der Waals surface area contributed by atoms with Crippen LogP contribution in [0.2, 0.25) is 0 Å². The molecule has 296 valence electrons. The van der Waals surface area contributed by atoms with Crippen molar-refractivity contribution in [2.45, 2.75) is 149 Å². The van der Waals surface area contributed by atoms with Crippen LogP contribution in [0.25, 0.3) is 0 Å².